The second kappa shape index (κ2) is 7.93. The van der Waals surface area contributed by atoms with Crippen LogP contribution in [0.2, 0.25) is 0 Å². The first kappa shape index (κ1) is 17.2. The van der Waals surface area contributed by atoms with Gasteiger partial charge < -0.3 is 10.1 Å². The highest BCUT2D eigenvalue weighted by molar-refractivity contribution is 6.10. The highest BCUT2D eigenvalue weighted by Gasteiger charge is 2.26. The molecule has 0 saturated heterocycles. The number of rotatable bonds is 6. The maximum absolute atomic E-state index is 12.3. The summed E-state index contributed by atoms with van der Waals surface area (Å²) in [5.41, 5.74) is 2.25. The Morgan fingerprint density at radius 1 is 1.21 bits per heavy atom. The van der Waals surface area contributed by atoms with E-state index in [2.05, 4.69) is 5.32 Å². The lowest BCUT2D eigenvalue weighted by atomic mass is 9.96. The van der Waals surface area contributed by atoms with Crippen LogP contribution < -0.4 is 10.1 Å². The van der Waals surface area contributed by atoms with Gasteiger partial charge in [-0.2, -0.15) is 5.26 Å². The molecule has 0 fully saturated rings. The van der Waals surface area contributed by atoms with Gasteiger partial charge in [-0.25, -0.2) is 0 Å². The van der Waals surface area contributed by atoms with Crippen molar-refractivity contribution in [3.63, 3.8) is 0 Å². The molecule has 0 spiro atoms. The molecule has 0 aliphatic carbocycles. The molecule has 0 bridgehead atoms. The minimum Gasteiger partial charge on any atom is -0.497 e. The van der Waals surface area contributed by atoms with E-state index < -0.39 is 17.6 Å². The first-order valence-corrected chi connectivity index (χ1v) is 7.47. The number of hydrogen-bond acceptors (Lipinski definition) is 4. The number of amides is 1. The fraction of sp³-hybridized carbons (Fsp3) is 0.211. The number of methoxy groups -OCH3 is 1. The highest BCUT2D eigenvalue weighted by Crippen LogP contribution is 2.18. The molecule has 1 amide bonds. The van der Waals surface area contributed by atoms with Crippen LogP contribution in [0.1, 0.15) is 11.1 Å². The summed E-state index contributed by atoms with van der Waals surface area (Å²) in [7, 11) is 1.52. The van der Waals surface area contributed by atoms with Crippen LogP contribution in [-0.4, -0.2) is 18.8 Å². The lowest BCUT2D eigenvalue weighted by Gasteiger charge is -2.11. The number of ether oxygens (including phenoxy) is 1. The monoisotopic (exact) mass is 322 g/mol. The molecule has 2 aromatic rings. The Labute approximate surface area is 140 Å². The van der Waals surface area contributed by atoms with Gasteiger partial charge in [-0.3, -0.25) is 9.59 Å². The van der Waals surface area contributed by atoms with Crippen LogP contribution in [0.25, 0.3) is 0 Å². The van der Waals surface area contributed by atoms with E-state index >= 15 is 0 Å². The predicted octanol–water partition coefficient (Wildman–Crippen LogP) is 2.89. The van der Waals surface area contributed by atoms with Gasteiger partial charge in [0.2, 0.25) is 5.91 Å². The van der Waals surface area contributed by atoms with E-state index in [4.69, 9.17) is 4.74 Å². The molecule has 0 aliphatic heterocycles. The number of carbonyl (C=O) groups excluding carboxylic acids is 2. The maximum atomic E-state index is 12.3. The maximum Gasteiger partial charge on any atom is 0.249 e. The Bertz CT molecular complexity index is 793. The zero-order valence-corrected chi connectivity index (χ0v) is 13.6. The summed E-state index contributed by atoms with van der Waals surface area (Å²) >= 11 is 0. The van der Waals surface area contributed by atoms with Crippen molar-refractivity contribution in [3.8, 4) is 11.8 Å². The minimum absolute atomic E-state index is 0.0520. The van der Waals surface area contributed by atoms with Crippen molar-refractivity contribution in [2.45, 2.75) is 13.3 Å². The number of carbonyl (C=O) groups is 2. The summed E-state index contributed by atoms with van der Waals surface area (Å²) in [6, 6.07) is 16.0. The smallest absolute Gasteiger partial charge is 0.249 e. The molecule has 1 atom stereocenters. The van der Waals surface area contributed by atoms with E-state index in [1.165, 1.54) is 7.11 Å². The Kier molecular flexibility index (Phi) is 5.69. The van der Waals surface area contributed by atoms with Crippen molar-refractivity contribution in [2.75, 3.05) is 12.4 Å². The van der Waals surface area contributed by atoms with Crippen LogP contribution >= 0.6 is 0 Å². The van der Waals surface area contributed by atoms with Gasteiger partial charge in [-0.05, 0) is 30.2 Å². The average molecular weight is 322 g/mol. The van der Waals surface area contributed by atoms with Gasteiger partial charge in [0.15, 0.2) is 11.7 Å². The first-order valence-electron chi connectivity index (χ1n) is 7.47. The third kappa shape index (κ3) is 4.20. The van der Waals surface area contributed by atoms with Crippen molar-refractivity contribution in [1.29, 1.82) is 5.26 Å². The molecule has 5 heteroatoms. The Morgan fingerprint density at radius 3 is 2.62 bits per heavy atom. The van der Waals surface area contributed by atoms with Gasteiger partial charge in [0.1, 0.15) is 5.75 Å². The SMILES string of the molecule is COc1cccc(NC(=O)C(C#N)C(=O)Cc2ccccc2C)c1. The van der Waals surface area contributed by atoms with E-state index in [1.54, 1.807) is 30.3 Å². The molecular formula is C19H18N2O3. The molecule has 24 heavy (non-hydrogen) atoms. The summed E-state index contributed by atoms with van der Waals surface area (Å²) in [5, 5.41) is 11.8. The van der Waals surface area contributed by atoms with Crippen molar-refractivity contribution in [1.82, 2.24) is 0 Å². The van der Waals surface area contributed by atoms with Gasteiger partial charge in [-0.1, -0.05) is 30.3 Å². The van der Waals surface area contributed by atoms with E-state index in [0.29, 0.717) is 11.4 Å². The molecule has 0 radical (unpaired) electrons. The average Bonchev–Trinajstić information content (AvgIpc) is 2.57. The van der Waals surface area contributed by atoms with Gasteiger partial charge in [0.05, 0.1) is 13.2 Å². The molecule has 1 N–H and O–H groups in total. The fourth-order valence-electron chi connectivity index (χ4n) is 2.29. The van der Waals surface area contributed by atoms with Crippen LogP contribution in [0.3, 0.4) is 0 Å². The quantitative estimate of drug-likeness (QED) is 0.829. The molecule has 1 unspecified atom stereocenters. The molecule has 2 rings (SSSR count). The van der Waals surface area contributed by atoms with E-state index in [-0.39, 0.29) is 6.42 Å². The van der Waals surface area contributed by atoms with E-state index in [0.717, 1.165) is 11.1 Å². The predicted molar refractivity (Wildman–Crippen MR) is 90.6 cm³/mol. The molecular weight excluding hydrogens is 304 g/mol. The number of anilines is 1. The zero-order chi connectivity index (χ0) is 17.5. The second-order valence-corrected chi connectivity index (χ2v) is 5.35. The number of ketones is 1. The van der Waals surface area contributed by atoms with Gasteiger partial charge in [-0.15, -0.1) is 0 Å². The molecule has 122 valence electrons. The van der Waals surface area contributed by atoms with Crippen molar-refractivity contribution >= 4 is 17.4 Å². The summed E-state index contributed by atoms with van der Waals surface area (Å²) in [6.45, 7) is 1.89. The molecule has 0 aromatic heterocycles. The lowest BCUT2D eigenvalue weighted by molar-refractivity contribution is -0.128. The van der Waals surface area contributed by atoms with Gasteiger partial charge in [0, 0.05) is 18.2 Å². The van der Waals surface area contributed by atoms with Crippen LogP contribution in [0.15, 0.2) is 48.5 Å². The van der Waals surface area contributed by atoms with Crippen molar-refractivity contribution < 1.29 is 14.3 Å². The van der Waals surface area contributed by atoms with Crippen LogP contribution in [0.4, 0.5) is 5.69 Å². The Balaban J connectivity index is 2.09. The first-order chi connectivity index (χ1) is 11.5. The standard InChI is InChI=1S/C19H18N2O3/c1-13-6-3-4-7-14(13)10-18(22)17(12-20)19(23)21-15-8-5-9-16(11-15)24-2/h3-9,11,17H,10H2,1-2H3,(H,21,23). The number of Topliss-reactive ketones (excluding diaryl/α,β-unsaturated/α-hetero) is 1. The molecule has 0 heterocycles. The number of nitrogens with zero attached hydrogens (tertiary/aromatic N) is 1. The number of hydrogen-bond donors (Lipinski definition) is 1. The third-order valence-corrected chi connectivity index (χ3v) is 3.68. The second-order valence-electron chi connectivity index (χ2n) is 5.35. The normalized spacial score (nSPS) is 11.2. The topological polar surface area (TPSA) is 79.2 Å². The summed E-state index contributed by atoms with van der Waals surface area (Å²) in [6.07, 6.45) is 0.0520. The molecule has 5 nitrogen and oxygen atoms in total. The largest absolute Gasteiger partial charge is 0.497 e. The molecule has 0 saturated carbocycles. The van der Waals surface area contributed by atoms with Gasteiger partial charge in [0.25, 0.3) is 0 Å². The van der Waals surface area contributed by atoms with Crippen molar-refractivity contribution in [3.05, 3.63) is 59.7 Å². The fourth-order valence-corrected chi connectivity index (χ4v) is 2.29. The van der Waals surface area contributed by atoms with Crippen molar-refractivity contribution in [2.24, 2.45) is 5.92 Å². The molecule has 2 aromatic carbocycles. The lowest BCUT2D eigenvalue weighted by Crippen LogP contribution is -2.29. The third-order valence-electron chi connectivity index (χ3n) is 3.68. The number of nitriles is 1. The molecule has 0 aliphatic rings. The van der Waals surface area contributed by atoms with Crippen LogP contribution in [-0.2, 0) is 16.0 Å². The highest BCUT2D eigenvalue weighted by atomic mass is 16.5. The van der Waals surface area contributed by atoms with Crippen LogP contribution in [0, 0.1) is 24.2 Å². The van der Waals surface area contributed by atoms with E-state index in [1.807, 2.05) is 31.2 Å². The summed E-state index contributed by atoms with van der Waals surface area (Å²) < 4.78 is 5.08. The van der Waals surface area contributed by atoms with E-state index in [9.17, 15) is 14.9 Å². The number of benzene rings is 2. The van der Waals surface area contributed by atoms with Crippen LogP contribution in [0.5, 0.6) is 5.75 Å². The Morgan fingerprint density at radius 2 is 1.96 bits per heavy atom. The number of nitrogens with one attached hydrogen (secondary N) is 1. The minimum atomic E-state index is -1.35. The summed E-state index contributed by atoms with van der Waals surface area (Å²) in [4.78, 5) is 24.6. The Hall–Kier alpha value is -3.13. The number of aryl methyl sites for hydroxylation is 1. The summed E-state index contributed by atoms with van der Waals surface area (Å²) in [5.74, 6) is -1.83. The van der Waals surface area contributed by atoms with Gasteiger partial charge >= 0.3 is 0 Å². The zero-order valence-electron chi connectivity index (χ0n) is 13.6.